The van der Waals surface area contributed by atoms with Crippen molar-refractivity contribution in [1.29, 1.82) is 0 Å². The Balaban J connectivity index is 2.05. The molecule has 100 valence electrons. The van der Waals surface area contributed by atoms with Gasteiger partial charge >= 0.3 is 5.97 Å². The van der Waals surface area contributed by atoms with Gasteiger partial charge in [0.15, 0.2) is 0 Å². The lowest BCUT2D eigenvalue weighted by Crippen LogP contribution is -2.38. The highest BCUT2D eigenvalue weighted by Gasteiger charge is 2.29. The number of hydrogen-bond acceptors (Lipinski definition) is 3. The maximum Gasteiger partial charge on any atom is 0.384 e. The quantitative estimate of drug-likeness (QED) is 0.427. The summed E-state index contributed by atoms with van der Waals surface area (Å²) < 4.78 is 4.62. The van der Waals surface area contributed by atoms with Crippen LogP contribution in [0.3, 0.4) is 0 Å². The van der Waals surface area contributed by atoms with Crippen LogP contribution in [0.2, 0.25) is 0 Å². The van der Waals surface area contributed by atoms with Gasteiger partial charge in [-0.1, -0.05) is 25.2 Å². The van der Waals surface area contributed by atoms with Gasteiger partial charge in [-0.3, -0.25) is 4.90 Å². The summed E-state index contributed by atoms with van der Waals surface area (Å²) in [7, 11) is 1.39. The third-order valence-electron chi connectivity index (χ3n) is 4.14. The number of ether oxygens (including phenoxy) is 1. The van der Waals surface area contributed by atoms with E-state index in [9.17, 15) is 4.79 Å². The smallest absolute Gasteiger partial charge is 0.384 e. The average Bonchev–Trinajstić information content (AvgIpc) is 2.94. The second-order valence-electron chi connectivity index (χ2n) is 5.35. The van der Waals surface area contributed by atoms with Crippen LogP contribution in [0.25, 0.3) is 0 Å². The summed E-state index contributed by atoms with van der Waals surface area (Å²) in [5.41, 5.74) is 0. The first kappa shape index (κ1) is 13.4. The lowest BCUT2D eigenvalue weighted by atomic mass is 9.83. The van der Waals surface area contributed by atoms with E-state index >= 15 is 0 Å². The molecule has 1 aliphatic carbocycles. The SMILES string of the molecule is COC(=O)C#C[C@H](C1CCCCC1)N1CCCC1. The molecule has 0 aromatic heterocycles. The third-order valence-corrected chi connectivity index (χ3v) is 4.14. The molecule has 2 fully saturated rings. The van der Waals surface area contributed by atoms with Crippen molar-refractivity contribution in [2.45, 2.75) is 51.0 Å². The van der Waals surface area contributed by atoms with Gasteiger partial charge in [0, 0.05) is 5.92 Å². The van der Waals surface area contributed by atoms with Gasteiger partial charge in [-0.25, -0.2) is 4.79 Å². The second kappa shape index (κ2) is 6.80. The summed E-state index contributed by atoms with van der Waals surface area (Å²) in [5.74, 6) is 6.08. The van der Waals surface area contributed by atoms with E-state index in [2.05, 4.69) is 21.5 Å². The largest absolute Gasteiger partial charge is 0.459 e. The Bertz CT molecular complexity index is 330. The number of likely N-dealkylation sites (tertiary alicyclic amines) is 1. The number of esters is 1. The van der Waals surface area contributed by atoms with Gasteiger partial charge in [0.05, 0.1) is 13.2 Å². The molecule has 0 amide bonds. The molecule has 1 heterocycles. The Kier molecular flexibility index (Phi) is 5.07. The lowest BCUT2D eigenvalue weighted by molar-refractivity contribution is -0.133. The Morgan fingerprint density at radius 1 is 1.17 bits per heavy atom. The van der Waals surface area contributed by atoms with Crippen LogP contribution in [0.15, 0.2) is 0 Å². The Hall–Kier alpha value is -1.01. The van der Waals surface area contributed by atoms with Gasteiger partial charge in [-0.15, -0.1) is 0 Å². The maximum atomic E-state index is 11.2. The van der Waals surface area contributed by atoms with Crippen molar-refractivity contribution >= 4 is 5.97 Å². The van der Waals surface area contributed by atoms with Crippen molar-refractivity contribution in [3.63, 3.8) is 0 Å². The van der Waals surface area contributed by atoms with Crippen molar-refractivity contribution in [3.05, 3.63) is 0 Å². The predicted molar refractivity (Wildman–Crippen MR) is 71.0 cm³/mol. The van der Waals surface area contributed by atoms with Crippen molar-refractivity contribution in [2.75, 3.05) is 20.2 Å². The highest BCUT2D eigenvalue weighted by atomic mass is 16.5. The minimum Gasteiger partial charge on any atom is -0.459 e. The zero-order chi connectivity index (χ0) is 12.8. The summed E-state index contributed by atoms with van der Waals surface area (Å²) in [5, 5.41) is 0. The van der Waals surface area contributed by atoms with Crippen LogP contribution in [0, 0.1) is 17.8 Å². The van der Waals surface area contributed by atoms with Crippen molar-refractivity contribution in [3.8, 4) is 11.8 Å². The van der Waals surface area contributed by atoms with Crippen molar-refractivity contribution in [1.82, 2.24) is 4.90 Å². The highest BCUT2D eigenvalue weighted by Crippen LogP contribution is 2.30. The van der Waals surface area contributed by atoms with Crippen LogP contribution in [-0.2, 0) is 9.53 Å². The van der Waals surface area contributed by atoms with Crippen LogP contribution in [0.1, 0.15) is 44.9 Å². The topological polar surface area (TPSA) is 29.5 Å². The average molecular weight is 249 g/mol. The minimum absolute atomic E-state index is 0.270. The molecule has 0 aromatic carbocycles. The minimum atomic E-state index is -0.407. The van der Waals surface area contributed by atoms with E-state index < -0.39 is 5.97 Å². The van der Waals surface area contributed by atoms with Gasteiger partial charge in [0.25, 0.3) is 0 Å². The molecule has 1 atom stereocenters. The molecule has 0 aromatic rings. The van der Waals surface area contributed by atoms with E-state index in [1.54, 1.807) is 0 Å². The molecular formula is C15H23NO2. The number of carbonyl (C=O) groups excluding carboxylic acids is 1. The molecule has 18 heavy (non-hydrogen) atoms. The molecule has 2 aliphatic rings. The van der Waals surface area contributed by atoms with Gasteiger partial charge in [0.2, 0.25) is 0 Å². The van der Waals surface area contributed by atoms with Crippen molar-refractivity contribution in [2.24, 2.45) is 5.92 Å². The molecule has 1 saturated carbocycles. The molecule has 0 spiro atoms. The van der Waals surface area contributed by atoms with Gasteiger partial charge in [0.1, 0.15) is 0 Å². The fourth-order valence-corrected chi connectivity index (χ4v) is 3.16. The number of rotatable bonds is 2. The zero-order valence-electron chi connectivity index (χ0n) is 11.3. The lowest BCUT2D eigenvalue weighted by Gasteiger charge is -2.33. The van der Waals surface area contributed by atoms with Gasteiger partial charge in [-0.05, 0) is 44.7 Å². The molecule has 1 aliphatic heterocycles. The van der Waals surface area contributed by atoms with E-state index in [1.807, 2.05) is 0 Å². The second-order valence-corrected chi connectivity index (χ2v) is 5.35. The first-order valence-corrected chi connectivity index (χ1v) is 7.15. The molecule has 0 radical (unpaired) electrons. The number of carbonyl (C=O) groups is 1. The summed E-state index contributed by atoms with van der Waals surface area (Å²) in [4.78, 5) is 13.7. The Morgan fingerprint density at radius 2 is 1.83 bits per heavy atom. The van der Waals surface area contributed by atoms with E-state index in [-0.39, 0.29) is 6.04 Å². The zero-order valence-corrected chi connectivity index (χ0v) is 11.3. The number of nitrogens with zero attached hydrogens (tertiary/aromatic N) is 1. The van der Waals surface area contributed by atoms with E-state index in [1.165, 1.54) is 52.1 Å². The summed E-state index contributed by atoms with van der Waals surface area (Å²) in [6, 6.07) is 0.270. The third kappa shape index (κ3) is 3.49. The molecule has 1 saturated heterocycles. The fraction of sp³-hybridized carbons (Fsp3) is 0.800. The normalized spacial score (nSPS) is 23.2. The monoisotopic (exact) mass is 249 g/mol. The van der Waals surface area contributed by atoms with Crippen LogP contribution in [0.4, 0.5) is 0 Å². The molecule has 0 unspecified atom stereocenters. The van der Waals surface area contributed by atoms with E-state index in [0.29, 0.717) is 5.92 Å². The molecule has 3 nitrogen and oxygen atoms in total. The summed E-state index contributed by atoms with van der Waals surface area (Å²) in [6.45, 7) is 2.27. The van der Waals surface area contributed by atoms with Crippen molar-refractivity contribution < 1.29 is 9.53 Å². The van der Waals surface area contributed by atoms with Crippen LogP contribution in [-0.4, -0.2) is 37.1 Å². The van der Waals surface area contributed by atoms with Crippen LogP contribution < -0.4 is 0 Å². The fourth-order valence-electron chi connectivity index (χ4n) is 3.16. The molecule has 3 heteroatoms. The number of methoxy groups -OCH3 is 1. The molecule has 0 N–H and O–H groups in total. The highest BCUT2D eigenvalue weighted by molar-refractivity contribution is 5.88. The Morgan fingerprint density at radius 3 is 2.44 bits per heavy atom. The van der Waals surface area contributed by atoms with Crippen LogP contribution in [0.5, 0.6) is 0 Å². The molecule has 2 rings (SSSR count). The summed E-state index contributed by atoms with van der Waals surface area (Å²) in [6.07, 6.45) is 9.04. The first-order valence-electron chi connectivity index (χ1n) is 7.15. The van der Waals surface area contributed by atoms with Crippen LogP contribution >= 0.6 is 0 Å². The maximum absolute atomic E-state index is 11.2. The van der Waals surface area contributed by atoms with Gasteiger partial charge in [-0.2, -0.15) is 0 Å². The van der Waals surface area contributed by atoms with E-state index in [4.69, 9.17) is 0 Å². The molecule has 0 bridgehead atoms. The van der Waals surface area contributed by atoms with E-state index in [0.717, 1.165) is 13.1 Å². The molecular weight excluding hydrogens is 226 g/mol. The first-order chi connectivity index (χ1) is 8.81. The Labute approximate surface area is 110 Å². The predicted octanol–water partition coefficient (Wildman–Crippen LogP) is 2.21. The standard InChI is InChI=1S/C15H23NO2/c1-18-15(17)10-9-14(16-11-5-6-12-16)13-7-3-2-4-8-13/h13-14H,2-8,11-12H2,1H3/t14-/m1/s1. The summed E-state index contributed by atoms with van der Waals surface area (Å²) >= 11 is 0. The number of hydrogen-bond donors (Lipinski definition) is 0. The van der Waals surface area contributed by atoms with Gasteiger partial charge < -0.3 is 4.74 Å².